The van der Waals surface area contributed by atoms with Crippen molar-refractivity contribution in [2.75, 3.05) is 26.2 Å². The first-order valence-electron chi connectivity index (χ1n) is 6.23. The molecule has 5 heteroatoms. The number of hydrogen-bond donors (Lipinski definition) is 1. The van der Waals surface area contributed by atoms with Crippen molar-refractivity contribution in [3.8, 4) is 0 Å². The van der Waals surface area contributed by atoms with Crippen LogP contribution in [-0.4, -0.2) is 49.1 Å². The molecule has 0 saturated carbocycles. The number of carbonyl (C=O) groups excluding carboxylic acids is 2. The number of hydrogen-bond acceptors (Lipinski definition) is 4. The van der Waals surface area contributed by atoms with Gasteiger partial charge in [0.05, 0.1) is 19.1 Å². The Hall–Kier alpha value is -1.10. The second kappa shape index (κ2) is 6.59. The Balaban J connectivity index is 2.49. The summed E-state index contributed by atoms with van der Waals surface area (Å²) in [6, 6.07) is -0.127. The van der Waals surface area contributed by atoms with Crippen molar-refractivity contribution in [2.24, 2.45) is 5.92 Å². The minimum absolute atomic E-state index is 0.0649. The number of piperazine rings is 1. The lowest BCUT2D eigenvalue weighted by molar-refractivity contribution is -0.144. The highest BCUT2D eigenvalue weighted by atomic mass is 16.5. The first kappa shape index (κ1) is 14.0. The summed E-state index contributed by atoms with van der Waals surface area (Å²) in [5.41, 5.74) is 0. The summed E-state index contributed by atoms with van der Waals surface area (Å²) in [4.78, 5) is 25.1. The van der Waals surface area contributed by atoms with E-state index < -0.39 is 0 Å². The van der Waals surface area contributed by atoms with E-state index in [4.69, 9.17) is 4.74 Å². The third-order valence-electron chi connectivity index (χ3n) is 2.90. The van der Waals surface area contributed by atoms with E-state index in [9.17, 15) is 9.59 Å². The van der Waals surface area contributed by atoms with Gasteiger partial charge in [-0.25, -0.2) is 0 Å². The molecule has 1 amide bonds. The maximum atomic E-state index is 11.7. The summed E-state index contributed by atoms with van der Waals surface area (Å²) in [6.07, 6.45) is 0.352. The third-order valence-corrected chi connectivity index (χ3v) is 2.90. The van der Waals surface area contributed by atoms with Gasteiger partial charge in [0, 0.05) is 19.6 Å². The molecule has 98 valence electrons. The number of carbonyl (C=O) groups is 2. The van der Waals surface area contributed by atoms with Gasteiger partial charge < -0.3 is 10.1 Å². The van der Waals surface area contributed by atoms with Crippen molar-refractivity contribution in [2.45, 2.75) is 33.2 Å². The molecule has 0 aliphatic carbocycles. The van der Waals surface area contributed by atoms with E-state index in [1.54, 1.807) is 6.92 Å². The fourth-order valence-electron chi connectivity index (χ4n) is 2.18. The average molecular weight is 242 g/mol. The molecule has 1 atom stereocenters. The summed E-state index contributed by atoms with van der Waals surface area (Å²) in [5.74, 6) is 0.119. The van der Waals surface area contributed by atoms with Crippen molar-refractivity contribution in [1.82, 2.24) is 10.2 Å². The van der Waals surface area contributed by atoms with E-state index in [0.717, 1.165) is 6.54 Å². The molecule has 0 spiro atoms. The maximum absolute atomic E-state index is 11.7. The van der Waals surface area contributed by atoms with E-state index in [1.165, 1.54) is 0 Å². The zero-order valence-corrected chi connectivity index (χ0v) is 10.9. The minimum Gasteiger partial charge on any atom is -0.466 e. The number of amides is 1. The highest BCUT2D eigenvalue weighted by Crippen LogP contribution is 2.14. The quantitative estimate of drug-likeness (QED) is 0.709. The van der Waals surface area contributed by atoms with Gasteiger partial charge in [-0.05, 0) is 12.8 Å². The number of nitrogens with one attached hydrogen (secondary N) is 1. The van der Waals surface area contributed by atoms with Crippen LogP contribution in [0, 0.1) is 5.92 Å². The average Bonchev–Trinajstić information content (AvgIpc) is 2.26. The predicted octanol–water partition coefficient (Wildman–Crippen LogP) is 0.396. The van der Waals surface area contributed by atoms with Crippen molar-refractivity contribution in [3.63, 3.8) is 0 Å². The van der Waals surface area contributed by atoms with Crippen LogP contribution in [0.3, 0.4) is 0 Å². The molecule has 1 heterocycles. The number of rotatable bonds is 5. The summed E-state index contributed by atoms with van der Waals surface area (Å²) < 4.78 is 4.89. The molecule has 17 heavy (non-hydrogen) atoms. The standard InChI is InChI=1S/C12H22N2O3/c1-4-17-10(15)5-7-14-8-6-13-12(16)11(14)9(2)3/h9,11H,4-8H2,1-3H3,(H,13,16). The van der Waals surface area contributed by atoms with Crippen LogP contribution in [0.25, 0.3) is 0 Å². The van der Waals surface area contributed by atoms with Gasteiger partial charge in [0.25, 0.3) is 0 Å². The van der Waals surface area contributed by atoms with Crippen LogP contribution in [0.15, 0.2) is 0 Å². The largest absolute Gasteiger partial charge is 0.466 e. The minimum atomic E-state index is -0.194. The number of esters is 1. The molecule has 0 radical (unpaired) electrons. The summed E-state index contributed by atoms with van der Waals surface area (Å²) in [7, 11) is 0. The van der Waals surface area contributed by atoms with Crippen LogP contribution < -0.4 is 5.32 Å². The van der Waals surface area contributed by atoms with Crippen molar-refractivity contribution >= 4 is 11.9 Å². The van der Waals surface area contributed by atoms with Gasteiger partial charge >= 0.3 is 5.97 Å². The van der Waals surface area contributed by atoms with Gasteiger partial charge in [-0.1, -0.05) is 13.8 Å². The molecule has 0 bridgehead atoms. The molecule has 1 saturated heterocycles. The first-order chi connectivity index (χ1) is 8.06. The Labute approximate surface area is 102 Å². The molecule has 1 N–H and O–H groups in total. The lowest BCUT2D eigenvalue weighted by atomic mass is 9.99. The normalized spacial score (nSPS) is 21.4. The fraction of sp³-hybridized carbons (Fsp3) is 0.833. The van der Waals surface area contributed by atoms with E-state index in [-0.39, 0.29) is 23.8 Å². The molecular weight excluding hydrogens is 220 g/mol. The van der Waals surface area contributed by atoms with Crippen LogP contribution in [0.5, 0.6) is 0 Å². The highest BCUT2D eigenvalue weighted by Gasteiger charge is 2.31. The Kier molecular flexibility index (Phi) is 5.41. The summed E-state index contributed by atoms with van der Waals surface area (Å²) in [5, 5.41) is 2.86. The Morgan fingerprint density at radius 3 is 2.88 bits per heavy atom. The lowest BCUT2D eigenvalue weighted by Crippen LogP contribution is -2.57. The van der Waals surface area contributed by atoms with Gasteiger partial charge in [0.15, 0.2) is 0 Å². The Bertz CT molecular complexity index is 279. The SMILES string of the molecule is CCOC(=O)CCN1CCNC(=O)C1C(C)C. The maximum Gasteiger partial charge on any atom is 0.307 e. The molecule has 5 nitrogen and oxygen atoms in total. The van der Waals surface area contributed by atoms with Gasteiger partial charge in [-0.3, -0.25) is 14.5 Å². The smallest absolute Gasteiger partial charge is 0.307 e. The topological polar surface area (TPSA) is 58.6 Å². The van der Waals surface area contributed by atoms with E-state index in [2.05, 4.69) is 10.2 Å². The molecule has 0 aromatic rings. The molecule has 1 unspecified atom stereocenters. The van der Waals surface area contributed by atoms with E-state index in [0.29, 0.717) is 26.1 Å². The summed E-state index contributed by atoms with van der Waals surface area (Å²) in [6.45, 7) is 8.30. The molecule has 1 fully saturated rings. The van der Waals surface area contributed by atoms with Crippen LogP contribution in [0.2, 0.25) is 0 Å². The van der Waals surface area contributed by atoms with Crippen molar-refractivity contribution in [1.29, 1.82) is 0 Å². The molecule has 1 aliphatic rings. The van der Waals surface area contributed by atoms with Crippen LogP contribution in [0.4, 0.5) is 0 Å². The van der Waals surface area contributed by atoms with Crippen LogP contribution in [0.1, 0.15) is 27.2 Å². The molecule has 1 rings (SSSR count). The molecule has 0 aromatic heterocycles. The van der Waals surface area contributed by atoms with Gasteiger partial charge in [0.1, 0.15) is 0 Å². The van der Waals surface area contributed by atoms with E-state index >= 15 is 0 Å². The van der Waals surface area contributed by atoms with E-state index in [1.807, 2.05) is 13.8 Å². The number of nitrogens with zero attached hydrogens (tertiary/aromatic N) is 1. The third kappa shape index (κ3) is 4.00. The zero-order valence-electron chi connectivity index (χ0n) is 10.9. The fourth-order valence-corrected chi connectivity index (χ4v) is 2.18. The molecule has 0 aromatic carbocycles. The first-order valence-corrected chi connectivity index (χ1v) is 6.23. The lowest BCUT2D eigenvalue weighted by Gasteiger charge is -2.37. The second-order valence-electron chi connectivity index (χ2n) is 4.57. The van der Waals surface area contributed by atoms with Crippen LogP contribution in [-0.2, 0) is 14.3 Å². The van der Waals surface area contributed by atoms with Crippen LogP contribution >= 0.6 is 0 Å². The number of ether oxygens (including phenoxy) is 1. The Morgan fingerprint density at radius 1 is 1.59 bits per heavy atom. The Morgan fingerprint density at radius 2 is 2.29 bits per heavy atom. The van der Waals surface area contributed by atoms with Gasteiger partial charge in [-0.2, -0.15) is 0 Å². The molecule has 1 aliphatic heterocycles. The van der Waals surface area contributed by atoms with Gasteiger partial charge in [0.2, 0.25) is 5.91 Å². The monoisotopic (exact) mass is 242 g/mol. The second-order valence-corrected chi connectivity index (χ2v) is 4.57. The van der Waals surface area contributed by atoms with Gasteiger partial charge in [-0.15, -0.1) is 0 Å². The predicted molar refractivity (Wildman–Crippen MR) is 64.5 cm³/mol. The summed E-state index contributed by atoms with van der Waals surface area (Å²) >= 11 is 0. The molecular formula is C12H22N2O3. The van der Waals surface area contributed by atoms with Crippen molar-refractivity contribution in [3.05, 3.63) is 0 Å². The van der Waals surface area contributed by atoms with Crippen molar-refractivity contribution < 1.29 is 14.3 Å². The highest BCUT2D eigenvalue weighted by molar-refractivity contribution is 5.82. The zero-order chi connectivity index (χ0) is 12.8.